The molecular weight excluding hydrogens is 430 g/mol. The summed E-state index contributed by atoms with van der Waals surface area (Å²) in [7, 11) is 1.63. The van der Waals surface area contributed by atoms with E-state index in [1.54, 1.807) is 30.2 Å². The molecule has 1 saturated carbocycles. The number of ether oxygens (including phenoxy) is 2. The van der Waals surface area contributed by atoms with Crippen molar-refractivity contribution in [2.45, 2.75) is 55.8 Å². The molecule has 2 heterocycles. The van der Waals surface area contributed by atoms with Gasteiger partial charge < -0.3 is 19.1 Å². The molecule has 0 amide bonds. The van der Waals surface area contributed by atoms with Crippen LogP contribution in [0.4, 0.5) is 0 Å². The highest BCUT2D eigenvalue weighted by molar-refractivity contribution is 7.99. The third kappa shape index (κ3) is 6.02. The third-order valence-electron chi connectivity index (χ3n) is 5.49. The zero-order valence-electron chi connectivity index (χ0n) is 17.8. The van der Waals surface area contributed by atoms with Gasteiger partial charge in [0.2, 0.25) is 0 Å². The van der Waals surface area contributed by atoms with Crippen molar-refractivity contribution in [3.8, 4) is 11.5 Å². The highest BCUT2D eigenvalue weighted by Gasteiger charge is 2.24. The average molecular weight is 460 g/mol. The number of nitrogens with zero attached hydrogens (tertiary/aromatic N) is 3. The summed E-state index contributed by atoms with van der Waals surface area (Å²) >= 11 is 3.32. The molecule has 1 fully saturated rings. The fourth-order valence-corrected chi connectivity index (χ4v) is 5.52. The van der Waals surface area contributed by atoms with E-state index in [-0.39, 0.29) is 6.61 Å². The van der Waals surface area contributed by atoms with Crippen molar-refractivity contribution in [2.24, 2.45) is 0 Å². The number of aliphatic hydroxyl groups is 1. The van der Waals surface area contributed by atoms with Crippen molar-refractivity contribution in [3.63, 3.8) is 0 Å². The second-order valence-corrected chi connectivity index (χ2v) is 9.79. The predicted molar refractivity (Wildman–Crippen MR) is 124 cm³/mol. The molecule has 0 saturated heterocycles. The Bertz CT molecular complexity index is 922. The van der Waals surface area contributed by atoms with Crippen LogP contribution in [0, 0.1) is 0 Å². The first kappa shape index (κ1) is 22.2. The minimum Gasteiger partial charge on any atom is -0.497 e. The standard InChI is InChI=1S/C23H29N3O3S2/c1-28-19-9-11-20(12-10-19)29-15-18(27)16-31-23-25-24-22(14-21-8-5-13-30-21)26(23)17-6-3-2-4-7-17/h5,8-13,17-18,27H,2-4,6-7,14-16H2,1H3. The molecule has 1 N–H and O–H groups in total. The van der Waals surface area contributed by atoms with Crippen LogP contribution < -0.4 is 9.47 Å². The molecule has 3 aromatic rings. The van der Waals surface area contributed by atoms with Gasteiger partial charge in [-0.2, -0.15) is 0 Å². The molecule has 1 aliphatic rings. The predicted octanol–water partition coefficient (Wildman–Crippen LogP) is 4.98. The van der Waals surface area contributed by atoms with Gasteiger partial charge in [-0.3, -0.25) is 0 Å². The lowest BCUT2D eigenvalue weighted by molar-refractivity contribution is 0.126. The van der Waals surface area contributed by atoms with Gasteiger partial charge in [0.1, 0.15) is 23.9 Å². The van der Waals surface area contributed by atoms with Gasteiger partial charge >= 0.3 is 0 Å². The van der Waals surface area contributed by atoms with E-state index >= 15 is 0 Å². The van der Waals surface area contributed by atoms with Crippen molar-refractivity contribution in [2.75, 3.05) is 19.5 Å². The SMILES string of the molecule is COc1ccc(OCC(O)CSc2nnc(Cc3cccs3)n2C2CCCCC2)cc1. The highest BCUT2D eigenvalue weighted by Crippen LogP contribution is 2.33. The fourth-order valence-electron chi connectivity index (χ4n) is 3.88. The lowest BCUT2D eigenvalue weighted by Gasteiger charge is -2.25. The van der Waals surface area contributed by atoms with Gasteiger partial charge in [-0.15, -0.1) is 21.5 Å². The number of hydrogen-bond donors (Lipinski definition) is 1. The molecule has 1 atom stereocenters. The van der Waals surface area contributed by atoms with Crippen molar-refractivity contribution in [3.05, 3.63) is 52.5 Å². The van der Waals surface area contributed by atoms with Crippen LogP contribution in [0.25, 0.3) is 0 Å². The quantitative estimate of drug-likeness (QED) is 0.432. The van der Waals surface area contributed by atoms with E-state index < -0.39 is 6.10 Å². The molecule has 31 heavy (non-hydrogen) atoms. The summed E-state index contributed by atoms with van der Waals surface area (Å²) in [6.45, 7) is 0.235. The van der Waals surface area contributed by atoms with E-state index in [9.17, 15) is 5.11 Å². The summed E-state index contributed by atoms with van der Waals surface area (Å²) in [6.07, 6.45) is 6.38. The highest BCUT2D eigenvalue weighted by atomic mass is 32.2. The maximum Gasteiger partial charge on any atom is 0.191 e. The molecule has 1 unspecified atom stereocenters. The zero-order valence-corrected chi connectivity index (χ0v) is 19.4. The number of rotatable bonds is 10. The van der Waals surface area contributed by atoms with E-state index in [0.29, 0.717) is 17.5 Å². The van der Waals surface area contributed by atoms with Crippen LogP contribution in [-0.2, 0) is 6.42 Å². The molecule has 0 aliphatic heterocycles. The largest absolute Gasteiger partial charge is 0.497 e. The summed E-state index contributed by atoms with van der Waals surface area (Å²) in [6, 6.07) is 12.1. The Balaban J connectivity index is 1.37. The molecule has 6 nitrogen and oxygen atoms in total. The molecule has 1 aliphatic carbocycles. The summed E-state index contributed by atoms with van der Waals surface area (Å²) in [5, 5.41) is 22.5. The summed E-state index contributed by atoms with van der Waals surface area (Å²) in [5.41, 5.74) is 0. The summed E-state index contributed by atoms with van der Waals surface area (Å²) < 4.78 is 13.2. The molecule has 8 heteroatoms. The second-order valence-electron chi connectivity index (χ2n) is 7.77. The average Bonchev–Trinajstić information content (AvgIpc) is 3.47. The van der Waals surface area contributed by atoms with Crippen LogP contribution in [0.3, 0.4) is 0 Å². The van der Waals surface area contributed by atoms with E-state index in [4.69, 9.17) is 9.47 Å². The molecule has 0 radical (unpaired) electrons. The summed E-state index contributed by atoms with van der Waals surface area (Å²) in [4.78, 5) is 1.30. The Morgan fingerprint density at radius 1 is 1.13 bits per heavy atom. The minimum absolute atomic E-state index is 0.235. The van der Waals surface area contributed by atoms with Crippen LogP contribution in [0.2, 0.25) is 0 Å². The Morgan fingerprint density at radius 3 is 2.61 bits per heavy atom. The first-order valence-corrected chi connectivity index (χ1v) is 12.6. The van der Waals surface area contributed by atoms with E-state index in [0.717, 1.165) is 23.2 Å². The molecular formula is C23H29N3O3S2. The third-order valence-corrected chi connectivity index (χ3v) is 7.46. The van der Waals surface area contributed by atoms with Gasteiger partial charge in [0, 0.05) is 23.1 Å². The smallest absolute Gasteiger partial charge is 0.191 e. The van der Waals surface area contributed by atoms with Crippen LogP contribution >= 0.6 is 23.1 Å². The Hall–Kier alpha value is -2.03. The van der Waals surface area contributed by atoms with Gasteiger partial charge in [0.05, 0.1) is 13.2 Å². The molecule has 1 aromatic carbocycles. The minimum atomic E-state index is -0.593. The zero-order chi connectivity index (χ0) is 21.5. The van der Waals surface area contributed by atoms with Crippen molar-refractivity contribution in [1.82, 2.24) is 14.8 Å². The van der Waals surface area contributed by atoms with Crippen LogP contribution in [0.5, 0.6) is 11.5 Å². The van der Waals surface area contributed by atoms with Gasteiger partial charge in [0.15, 0.2) is 5.16 Å². The number of aliphatic hydroxyl groups excluding tert-OH is 1. The molecule has 0 spiro atoms. The molecule has 2 aromatic heterocycles. The maximum atomic E-state index is 10.5. The first-order chi connectivity index (χ1) is 15.2. The van der Waals surface area contributed by atoms with Crippen molar-refractivity contribution >= 4 is 23.1 Å². The van der Waals surface area contributed by atoms with Crippen molar-refractivity contribution in [1.29, 1.82) is 0 Å². The molecule has 4 rings (SSSR count). The number of thioether (sulfide) groups is 1. The van der Waals surface area contributed by atoms with Gasteiger partial charge in [-0.05, 0) is 48.6 Å². The van der Waals surface area contributed by atoms with E-state index in [1.807, 2.05) is 24.3 Å². The van der Waals surface area contributed by atoms with Gasteiger partial charge in [0.25, 0.3) is 0 Å². The maximum absolute atomic E-state index is 10.5. The van der Waals surface area contributed by atoms with Crippen LogP contribution in [0.15, 0.2) is 46.9 Å². The number of hydrogen-bond acceptors (Lipinski definition) is 7. The lowest BCUT2D eigenvalue weighted by atomic mass is 9.95. The normalized spacial score (nSPS) is 15.7. The first-order valence-electron chi connectivity index (χ1n) is 10.8. The number of benzene rings is 1. The molecule has 166 valence electrons. The Morgan fingerprint density at radius 2 is 1.90 bits per heavy atom. The Kier molecular flexibility index (Phi) is 7.88. The van der Waals surface area contributed by atoms with Gasteiger partial charge in [-0.1, -0.05) is 37.1 Å². The van der Waals surface area contributed by atoms with Gasteiger partial charge in [-0.25, -0.2) is 0 Å². The lowest BCUT2D eigenvalue weighted by Crippen LogP contribution is -2.21. The Labute approximate surface area is 191 Å². The number of methoxy groups -OCH3 is 1. The van der Waals surface area contributed by atoms with E-state index in [1.165, 1.54) is 37.0 Å². The number of thiophene rings is 1. The summed E-state index contributed by atoms with van der Waals surface area (Å²) in [5.74, 6) is 3.04. The second kappa shape index (κ2) is 11.0. The molecule has 0 bridgehead atoms. The fraction of sp³-hybridized carbons (Fsp3) is 0.478. The van der Waals surface area contributed by atoms with Crippen LogP contribution in [-0.4, -0.2) is 45.4 Å². The van der Waals surface area contributed by atoms with Crippen molar-refractivity contribution < 1.29 is 14.6 Å². The van der Waals surface area contributed by atoms with Crippen LogP contribution in [0.1, 0.15) is 48.8 Å². The topological polar surface area (TPSA) is 69.4 Å². The monoisotopic (exact) mass is 459 g/mol. The van der Waals surface area contributed by atoms with E-state index in [2.05, 4.69) is 32.3 Å². The number of aromatic nitrogens is 3.